The van der Waals surface area contributed by atoms with Gasteiger partial charge in [0.1, 0.15) is 18.2 Å². The number of hydrogen-bond acceptors (Lipinski definition) is 2. The predicted molar refractivity (Wildman–Crippen MR) is 99.0 cm³/mol. The molecule has 2 aromatic carbocycles. The number of amides is 1. The fraction of sp³-hybridized carbons (Fsp3) is 0.350. The summed E-state index contributed by atoms with van der Waals surface area (Å²) in [5, 5.41) is 2.88. The lowest BCUT2D eigenvalue weighted by Crippen LogP contribution is -3.08. The summed E-state index contributed by atoms with van der Waals surface area (Å²) in [6.45, 7) is 3.84. The predicted octanol–water partition coefficient (Wildman–Crippen LogP) is 2.55. The van der Waals surface area contributed by atoms with Crippen molar-refractivity contribution in [2.75, 3.05) is 18.8 Å². The highest BCUT2D eigenvalue weighted by Crippen LogP contribution is 2.22. The quantitative estimate of drug-likeness (QED) is 0.727. The molecule has 138 valence electrons. The summed E-state index contributed by atoms with van der Waals surface area (Å²) in [4.78, 5) is 13.8. The molecule has 1 saturated heterocycles. The summed E-state index contributed by atoms with van der Waals surface area (Å²) in [6, 6.07) is 11.4. The number of quaternary nitrogens is 1. The highest BCUT2D eigenvalue weighted by atomic mass is 32.2. The third kappa shape index (κ3) is 5.29. The molecule has 2 N–H and O–H groups in total. The number of halogens is 2. The Hall–Kier alpha value is -1.92. The van der Waals surface area contributed by atoms with Gasteiger partial charge in [-0.3, -0.25) is 4.79 Å². The van der Waals surface area contributed by atoms with E-state index in [1.54, 1.807) is 4.90 Å². The van der Waals surface area contributed by atoms with Gasteiger partial charge in [0.15, 0.2) is 0 Å². The van der Waals surface area contributed by atoms with E-state index in [1.807, 2.05) is 18.2 Å². The Kier molecular flexibility index (Phi) is 6.63. The molecule has 3 rings (SSSR count). The standard InChI is InChI=1S/C20H22F2N2OS/c21-17-7-8-18(22)19(11-17)26-14-20(25)23-12-15-5-1-2-6-16(15)13-24-9-3-4-10-24/h1-2,5-8,11H,3-4,9-10,12-14H2,(H,23,25)/p+1. The zero-order valence-electron chi connectivity index (χ0n) is 14.6. The molecular formula is C20H23F2N2OS+. The average molecular weight is 377 g/mol. The highest BCUT2D eigenvalue weighted by Gasteiger charge is 2.17. The number of thioether (sulfide) groups is 1. The maximum atomic E-state index is 13.6. The topological polar surface area (TPSA) is 33.5 Å². The Balaban J connectivity index is 1.52. The molecule has 0 spiro atoms. The SMILES string of the molecule is O=C(CSc1cc(F)ccc1F)NCc1ccccc1C[NH+]1CCCC1. The summed E-state index contributed by atoms with van der Waals surface area (Å²) >= 11 is 1.00. The van der Waals surface area contributed by atoms with Crippen LogP contribution in [0.15, 0.2) is 47.4 Å². The molecule has 26 heavy (non-hydrogen) atoms. The molecule has 1 fully saturated rings. The van der Waals surface area contributed by atoms with Gasteiger partial charge in [-0.25, -0.2) is 8.78 Å². The Labute approximate surface area is 156 Å². The molecule has 0 aromatic heterocycles. The Morgan fingerprint density at radius 1 is 1.08 bits per heavy atom. The molecule has 0 atom stereocenters. The number of likely N-dealkylation sites (tertiary alicyclic amines) is 1. The molecule has 1 amide bonds. The number of hydrogen-bond donors (Lipinski definition) is 2. The van der Waals surface area contributed by atoms with E-state index in [-0.39, 0.29) is 16.6 Å². The fourth-order valence-electron chi connectivity index (χ4n) is 3.20. The number of carbonyl (C=O) groups is 1. The van der Waals surface area contributed by atoms with Crippen LogP contribution < -0.4 is 10.2 Å². The number of benzene rings is 2. The third-order valence-electron chi connectivity index (χ3n) is 4.60. The van der Waals surface area contributed by atoms with Gasteiger partial charge in [0.05, 0.1) is 18.8 Å². The van der Waals surface area contributed by atoms with Crippen LogP contribution in [0.4, 0.5) is 8.78 Å². The van der Waals surface area contributed by atoms with Crippen LogP contribution in [0.2, 0.25) is 0 Å². The number of nitrogens with one attached hydrogen (secondary N) is 2. The van der Waals surface area contributed by atoms with Crippen LogP contribution in [0.3, 0.4) is 0 Å². The third-order valence-corrected chi connectivity index (χ3v) is 5.63. The molecule has 1 aliphatic rings. The molecule has 1 aliphatic heterocycles. The first-order chi connectivity index (χ1) is 12.6. The van der Waals surface area contributed by atoms with Gasteiger partial charge in [-0.15, -0.1) is 11.8 Å². The molecule has 2 aromatic rings. The van der Waals surface area contributed by atoms with Crippen molar-refractivity contribution in [1.82, 2.24) is 5.32 Å². The summed E-state index contributed by atoms with van der Waals surface area (Å²) in [5.74, 6) is -1.15. The van der Waals surface area contributed by atoms with Gasteiger partial charge in [0, 0.05) is 29.8 Å². The first-order valence-electron chi connectivity index (χ1n) is 8.87. The van der Waals surface area contributed by atoms with Crippen LogP contribution in [0.5, 0.6) is 0 Å². The van der Waals surface area contributed by atoms with Gasteiger partial charge in [-0.1, -0.05) is 24.3 Å². The van der Waals surface area contributed by atoms with Gasteiger partial charge in [-0.05, 0) is 23.8 Å². The lowest BCUT2D eigenvalue weighted by atomic mass is 10.1. The summed E-state index contributed by atoms with van der Waals surface area (Å²) in [7, 11) is 0. The maximum absolute atomic E-state index is 13.6. The van der Waals surface area contributed by atoms with Crippen molar-refractivity contribution in [2.45, 2.75) is 30.8 Å². The van der Waals surface area contributed by atoms with E-state index in [1.165, 1.54) is 31.5 Å². The monoisotopic (exact) mass is 377 g/mol. The van der Waals surface area contributed by atoms with Crippen molar-refractivity contribution in [3.05, 3.63) is 65.2 Å². The average Bonchev–Trinajstić information content (AvgIpc) is 3.15. The summed E-state index contributed by atoms with van der Waals surface area (Å²) < 4.78 is 26.8. The minimum atomic E-state index is -0.511. The fourth-order valence-corrected chi connectivity index (χ4v) is 3.99. The highest BCUT2D eigenvalue weighted by molar-refractivity contribution is 8.00. The second-order valence-electron chi connectivity index (χ2n) is 6.54. The second-order valence-corrected chi connectivity index (χ2v) is 7.56. The molecule has 3 nitrogen and oxygen atoms in total. The van der Waals surface area contributed by atoms with Gasteiger partial charge in [0.25, 0.3) is 0 Å². The van der Waals surface area contributed by atoms with Crippen LogP contribution in [0.1, 0.15) is 24.0 Å². The second kappa shape index (κ2) is 9.14. The first kappa shape index (κ1) is 18.9. The molecule has 0 unspecified atom stereocenters. The van der Waals surface area contributed by atoms with E-state index >= 15 is 0 Å². The van der Waals surface area contributed by atoms with Crippen molar-refractivity contribution in [3.63, 3.8) is 0 Å². The molecule has 0 saturated carbocycles. The van der Waals surface area contributed by atoms with E-state index in [0.29, 0.717) is 6.54 Å². The Morgan fingerprint density at radius 2 is 1.81 bits per heavy atom. The molecule has 0 bridgehead atoms. The van der Waals surface area contributed by atoms with Crippen molar-refractivity contribution in [1.29, 1.82) is 0 Å². The normalized spacial score (nSPS) is 14.5. The molecule has 0 aliphatic carbocycles. The van der Waals surface area contributed by atoms with Gasteiger partial charge >= 0.3 is 0 Å². The van der Waals surface area contributed by atoms with Gasteiger partial charge < -0.3 is 10.2 Å². The smallest absolute Gasteiger partial charge is 0.230 e. The number of rotatable bonds is 7. The van der Waals surface area contributed by atoms with Crippen LogP contribution in [0.25, 0.3) is 0 Å². The minimum Gasteiger partial charge on any atom is -0.351 e. The molecular weight excluding hydrogens is 354 g/mol. The van der Waals surface area contributed by atoms with Crippen molar-refractivity contribution in [3.8, 4) is 0 Å². The molecule has 1 heterocycles. The lowest BCUT2D eigenvalue weighted by molar-refractivity contribution is -0.901. The zero-order chi connectivity index (χ0) is 18.4. The largest absolute Gasteiger partial charge is 0.351 e. The van der Waals surface area contributed by atoms with Gasteiger partial charge in [-0.2, -0.15) is 0 Å². The minimum absolute atomic E-state index is 0.0555. The lowest BCUT2D eigenvalue weighted by Gasteiger charge is -2.15. The Bertz CT molecular complexity index is 763. The van der Waals surface area contributed by atoms with E-state index in [9.17, 15) is 13.6 Å². The first-order valence-corrected chi connectivity index (χ1v) is 9.85. The van der Waals surface area contributed by atoms with Crippen LogP contribution in [-0.2, 0) is 17.9 Å². The molecule has 0 radical (unpaired) electrons. The number of carbonyl (C=O) groups excluding carboxylic acids is 1. The maximum Gasteiger partial charge on any atom is 0.230 e. The van der Waals surface area contributed by atoms with Crippen molar-refractivity contribution >= 4 is 17.7 Å². The van der Waals surface area contributed by atoms with Crippen molar-refractivity contribution in [2.24, 2.45) is 0 Å². The van der Waals surface area contributed by atoms with E-state index < -0.39 is 11.6 Å². The van der Waals surface area contributed by atoms with E-state index in [2.05, 4.69) is 11.4 Å². The van der Waals surface area contributed by atoms with E-state index in [0.717, 1.165) is 42.1 Å². The van der Waals surface area contributed by atoms with Crippen LogP contribution >= 0.6 is 11.8 Å². The van der Waals surface area contributed by atoms with Gasteiger partial charge in [0.2, 0.25) is 5.91 Å². The van der Waals surface area contributed by atoms with E-state index in [4.69, 9.17) is 0 Å². The summed E-state index contributed by atoms with van der Waals surface area (Å²) in [5.41, 5.74) is 2.37. The summed E-state index contributed by atoms with van der Waals surface area (Å²) in [6.07, 6.45) is 2.56. The Morgan fingerprint density at radius 3 is 2.58 bits per heavy atom. The van der Waals surface area contributed by atoms with Crippen molar-refractivity contribution < 1.29 is 18.5 Å². The van der Waals surface area contributed by atoms with Crippen LogP contribution in [-0.4, -0.2) is 24.7 Å². The zero-order valence-corrected chi connectivity index (χ0v) is 15.4. The van der Waals surface area contributed by atoms with Crippen LogP contribution in [0, 0.1) is 11.6 Å². The molecule has 6 heteroatoms.